The van der Waals surface area contributed by atoms with E-state index in [9.17, 15) is 9.59 Å². The summed E-state index contributed by atoms with van der Waals surface area (Å²) in [5, 5.41) is 6.70. The number of carbonyl (C=O) groups is 2. The van der Waals surface area contributed by atoms with Crippen molar-refractivity contribution in [2.75, 3.05) is 30.4 Å². The number of rotatable bonds is 4. The number of amides is 2. The number of benzene rings is 1. The SMILES string of the molecule is CNC(=O)c1cccc(NC(=O)C2CCN(c3ncnc4sc(C)c(C)c34)CC2)c1. The number of fused-ring (bicyclic) bond motifs is 1. The van der Waals surface area contributed by atoms with Crippen molar-refractivity contribution >= 4 is 44.9 Å². The zero-order chi connectivity index (χ0) is 21.3. The Morgan fingerprint density at radius 1 is 1.17 bits per heavy atom. The minimum absolute atomic E-state index is 0.000834. The van der Waals surface area contributed by atoms with Crippen LogP contribution in [0, 0.1) is 19.8 Å². The highest BCUT2D eigenvalue weighted by Gasteiger charge is 2.27. The molecule has 0 radical (unpaired) electrons. The van der Waals surface area contributed by atoms with Gasteiger partial charge in [0.15, 0.2) is 0 Å². The van der Waals surface area contributed by atoms with Crippen molar-refractivity contribution in [3.05, 3.63) is 46.6 Å². The normalized spacial score (nSPS) is 14.7. The Morgan fingerprint density at radius 3 is 2.67 bits per heavy atom. The number of nitrogens with one attached hydrogen (secondary N) is 2. The van der Waals surface area contributed by atoms with E-state index in [-0.39, 0.29) is 17.7 Å². The largest absolute Gasteiger partial charge is 0.356 e. The molecule has 1 aliphatic rings. The van der Waals surface area contributed by atoms with Gasteiger partial charge in [0.25, 0.3) is 5.91 Å². The molecule has 2 amide bonds. The van der Waals surface area contributed by atoms with Gasteiger partial charge in [0, 0.05) is 42.2 Å². The van der Waals surface area contributed by atoms with E-state index < -0.39 is 0 Å². The molecule has 4 rings (SSSR count). The summed E-state index contributed by atoms with van der Waals surface area (Å²) in [5.41, 5.74) is 2.41. The van der Waals surface area contributed by atoms with Crippen molar-refractivity contribution in [3.8, 4) is 0 Å². The van der Waals surface area contributed by atoms with Gasteiger partial charge in [0.05, 0.1) is 5.39 Å². The molecule has 0 unspecified atom stereocenters. The molecule has 0 spiro atoms. The van der Waals surface area contributed by atoms with Crippen LogP contribution < -0.4 is 15.5 Å². The summed E-state index contributed by atoms with van der Waals surface area (Å²) < 4.78 is 0. The van der Waals surface area contributed by atoms with E-state index in [0.717, 1.165) is 42.0 Å². The third kappa shape index (κ3) is 3.87. The molecule has 2 aromatic heterocycles. The maximum Gasteiger partial charge on any atom is 0.251 e. The smallest absolute Gasteiger partial charge is 0.251 e. The second-order valence-corrected chi connectivity index (χ2v) is 8.77. The Balaban J connectivity index is 1.43. The lowest BCUT2D eigenvalue weighted by Crippen LogP contribution is -2.38. The minimum atomic E-state index is -0.172. The average Bonchev–Trinajstić information content (AvgIpc) is 3.07. The van der Waals surface area contributed by atoms with Gasteiger partial charge in [-0.2, -0.15) is 0 Å². The topological polar surface area (TPSA) is 87.2 Å². The molecule has 8 heteroatoms. The molecule has 0 saturated carbocycles. The fourth-order valence-electron chi connectivity index (χ4n) is 3.88. The van der Waals surface area contributed by atoms with Gasteiger partial charge in [0.2, 0.25) is 5.91 Å². The molecule has 156 valence electrons. The molecule has 0 aliphatic carbocycles. The number of aromatic nitrogens is 2. The van der Waals surface area contributed by atoms with Gasteiger partial charge in [-0.1, -0.05) is 6.07 Å². The second kappa shape index (κ2) is 8.39. The predicted molar refractivity (Wildman–Crippen MR) is 120 cm³/mol. The van der Waals surface area contributed by atoms with E-state index >= 15 is 0 Å². The highest BCUT2D eigenvalue weighted by atomic mass is 32.1. The van der Waals surface area contributed by atoms with Gasteiger partial charge in [-0.25, -0.2) is 9.97 Å². The fraction of sp³-hybridized carbons (Fsp3) is 0.364. The van der Waals surface area contributed by atoms with Crippen molar-refractivity contribution in [3.63, 3.8) is 0 Å². The molecule has 0 atom stereocenters. The van der Waals surface area contributed by atoms with E-state index in [1.54, 1.807) is 49.0 Å². The van der Waals surface area contributed by atoms with Crippen molar-refractivity contribution in [2.24, 2.45) is 5.92 Å². The van der Waals surface area contributed by atoms with Crippen molar-refractivity contribution in [1.29, 1.82) is 0 Å². The van der Waals surface area contributed by atoms with Gasteiger partial charge in [-0.05, 0) is 50.5 Å². The van der Waals surface area contributed by atoms with Crippen LogP contribution in [0.3, 0.4) is 0 Å². The monoisotopic (exact) mass is 423 g/mol. The van der Waals surface area contributed by atoms with Crippen molar-refractivity contribution in [1.82, 2.24) is 15.3 Å². The molecule has 1 saturated heterocycles. The first-order chi connectivity index (χ1) is 14.5. The van der Waals surface area contributed by atoms with Gasteiger partial charge in [-0.15, -0.1) is 11.3 Å². The molecule has 1 fully saturated rings. The van der Waals surface area contributed by atoms with Crippen LogP contribution in [-0.4, -0.2) is 41.9 Å². The van der Waals surface area contributed by atoms with Gasteiger partial charge in [0.1, 0.15) is 17.0 Å². The molecule has 3 aromatic rings. The van der Waals surface area contributed by atoms with Gasteiger partial charge in [-0.3, -0.25) is 9.59 Å². The third-order valence-electron chi connectivity index (χ3n) is 5.73. The zero-order valence-electron chi connectivity index (χ0n) is 17.4. The summed E-state index contributed by atoms with van der Waals surface area (Å²) in [5.74, 6) is 0.736. The molecule has 7 nitrogen and oxygen atoms in total. The van der Waals surface area contributed by atoms with Crippen LogP contribution in [0.4, 0.5) is 11.5 Å². The summed E-state index contributed by atoms with van der Waals surface area (Å²) in [7, 11) is 1.59. The van der Waals surface area contributed by atoms with Crippen LogP contribution in [0.2, 0.25) is 0 Å². The quantitative estimate of drug-likeness (QED) is 0.670. The number of hydrogen-bond acceptors (Lipinski definition) is 6. The molecule has 2 N–H and O–H groups in total. The lowest BCUT2D eigenvalue weighted by molar-refractivity contribution is -0.120. The minimum Gasteiger partial charge on any atom is -0.356 e. The first-order valence-electron chi connectivity index (χ1n) is 10.1. The first-order valence-corrected chi connectivity index (χ1v) is 10.9. The summed E-state index contributed by atoms with van der Waals surface area (Å²) in [6.07, 6.45) is 3.15. The number of carbonyl (C=O) groups excluding carboxylic acids is 2. The van der Waals surface area contributed by atoms with Crippen LogP contribution in [0.25, 0.3) is 10.2 Å². The highest BCUT2D eigenvalue weighted by molar-refractivity contribution is 7.18. The fourth-order valence-corrected chi connectivity index (χ4v) is 4.88. The van der Waals surface area contributed by atoms with Crippen LogP contribution in [0.1, 0.15) is 33.6 Å². The standard InChI is InChI=1S/C22H25N5O2S/c1-13-14(2)30-22-18(13)19(24-12-25-22)27-9-7-15(8-10-27)21(29)26-17-6-4-5-16(11-17)20(28)23-3/h4-6,11-12,15H,7-10H2,1-3H3,(H,23,28)(H,26,29). The lowest BCUT2D eigenvalue weighted by Gasteiger charge is -2.32. The zero-order valence-corrected chi connectivity index (χ0v) is 18.2. The average molecular weight is 424 g/mol. The maximum absolute atomic E-state index is 12.8. The van der Waals surface area contributed by atoms with Gasteiger partial charge < -0.3 is 15.5 Å². The Bertz CT molecular complexity index is 1100. The lowest BCUT2D eigenvalue weighted by atomic mass is 9.95. The first kappa shape index (κ1) is 20.3. The maximum atomic E-state index is 12.8. The van der Waals surface area contributed by atoms with Crippen LogP contribution in [0.5, 0.6) is 0 Å². The molecule has 1 aromatic carbocycles. The summed E-state index contributed by atoms with van der Waals surface area (Å²) in [6.45, 7) is 5.78. The summed E-state index contributed by atoms with van der Waals surface area (Å²) in [6, 6.07) is 7.00. The second-order valence-electron chi connectivity index (χ2n) is 7.57. The molecule has 30 heavy (non-hydrogen) atoms. The van der Waals surface area contributed by atoms with E-state index in [2.05, 4.69) is 39.3 Å². The highest BCUT2D eigenvalue weighted by Crippen LogP contribution is 2.35. The van der Waals surface area contributed by atoms with E-state index in [0.29, 0.717) is 11.3 Å². The van der Waals surface area contributed by atoms with Crippen LogP contribution in [-0.2, 0) is 4.79 Å². The van der Waals surface area contributed by atoms with Crippen molar-refractivity contribution in [2.45, 2.75) is 26.7 Å². The number of aryl methyl sites for hydroxylation is 2. The van der Waals surface area contributed by atoms with Crippen LogP contribution in [0.15, 0.2) is 30.6 Å². The molecule has 0 bridgehead atoms. The number of anilines is 2. The number of hydrogen-bond donors (Lipinski definition) is 2. The number of piperidine rings is 1. The van der Waals surface area contributed by atoms with E-state index in [1.807, 2.05) is 0 Å². The van der Waals surface area contributed by atoms with Crippen molar-refractivity contribution < 1.29 is 9.59 Å². The van der Waals surface area contributed by atoms with Gasteiger partial charge >= 0.3 is 0 Å². The predicted octanol–water partition coefficient (Wildman–Crippen LogP) is 3.52. The summed E-state index contributed by atoms with van der Waals surface area (Å²) >= 11 is 1.70. The van der Waals surface area contributed by atoms with Crippen LogP contribution >= 0.6 is 11.3 Å². The molecule has 3 heterocycles. The Labute approximate surface area is 179 Å². The van der Waals surface area contributed by atoms with E-state index in [4.69, 9.17) is 0 Å². The summed E-state index contributed by atoms with van der Waals surface area (Å²) in [4.78, 5) is 38.1. The third-order valence-corrected chi connectivity index (χ3v) is 6.85. The number of thiophene rings is 1. The molecule has 1 aliphatic heterocycles. The molecular weight excluding hydrogens is 398 g/mol. The Hall–Kier alpha value is -3.00. The molecular formula is C22H25N5O2S. The van der Waals surface area contributed by atoms with E-state index in [1.165, 1.54) is 10.4 Å². The number of nitrogens with zero attached hydrogens (tertiary/aromatic N) is 3. The Morgan fingerprint density at radius 2 is 1.93 bits per heavy atom. The Kier molecular flexibility index (Phi) is 5.67.